The summed E-state index contributed by atoms with van der Waals surface area (Å²) in [5.41, 5.74) is 1.17. The van der Waals surface area contributed by atoms with Crippen molar-refractivity contribution in [2.45, 2.75) is 32.8 Å². The average molecular weight is 262 g/mol. The molecule has 0 aliphatic carbocycles. The van der Waals surface area contributed by atoms with Crippen LogP contribution in [0, 0.1) is 0 Å². The van der Waals surface area contributed by atoms with Crippen LogP contribution in [0.2, 0.25) is 0 Å². The monoisotopic (exact) mass is 262 g/mol. The summed E-state index contributed by atoms with van der Waals surface area (Å²) in [4.78, 5) is 11.5. The van der Waals surface area contributed by atoms with Crippen LogP contribution >= 0.6 is 0 Å². The van der Waals surface area contributed by atoms with Crippen molar-refractivity contribution >= 4 is 5.78 Å². The molecule has 0 amide bonds. The number of hydrogen-bond acceptors (Lipinski definition) is 3. The van der Waals surface area contributed by atoms with Crippen molar-refractivity contribution < 1.29 is 14.3 Å². The Morgan fingerprint density at radius 1 is 1.21 bits per heavy atom. The quantitative estimate of drug-likeness (QED) is 0.368. The van der Waals surface area contributed by atoms with E-state index in [1.807, 2.05) is 37.3 Å². The number of allylic oxidation sites excluding steroid dienone is 1. The molecular formula is C16H22O3. The van der Waals surface area contributed by atoms with Crippen molar-refractivity contribution in [1.29, 1.82) is 0 Å². The summed E-state index contributed by atoms with van der Waals surface area (Å²) in [7, 11) is 0. The number of Topliss-reactive ketones (excluding diaryl/α,β-unsaturated/α-hetero) is 1. The molecule has 0 atom stereocenters. The lowest BCUT2D eigenvalue weighted by atomic mass is 10.1. The van der Waals surface area contributed by atoms with Gasteiger partial charge in [-0.1, -0.05) is 36.9 Å². The van der Waals surface area contributed by atoms with E-state index < -0.39 is 0 Å². The number of carbonyl (C=O) groups excluding carboxylic acids is 1. The highest BCUT2D eigenvalue weighted by atomic mass is 16.5. The van der Waals surface area contributed by atoms with Gasteiger partial charge in [0.2, 0.25) is 0 Å². The van der Waals surface area contributed by atoms with Gasteiger partial charge in [-0.2, -0.15) is 0 Å². The Morgan fingerprint density at radius 2 is 1.95 bits per heavy atom. The molecule has 3 nitrogen and oxygen atoms in total. The summed E-state index contributed by atoms with van der Waals surface area (Å²) in [5.74, 6) is 0.262. The first-order valence-corrected chi connectivity index (χ1v) is 6.70. The molecule has 3 heteroatoms. The number of rotatable bonds is 10. The van der Waals surface area contributed by atoms with Crippen LogP contribution in [0.4, 0.5) is 0 Å². The zero-order valence-corrected chi connectivity index (χ0v) is 11.6. The summed E-state index contributed by atoms with van der Waals surface area (Å²) in [6, 6.07) is 10.1. The van der Waals surface area contributed by atoms with Crippen LogP contribution in [0.25, 0.3) is 0 Å². The fraction of sp³-hybridized carbons (Fsp3) is 0.438. The molecule has 104 valence electrons. The molecule has 0 aliphatic heterocycles. The number of ether oxygens (including phenoxy) is 2. The molecule has 0 saturated carbocycles. The maximum atomic E-state index is 11.5. The summed E-state index contributed by atoms with van der Waals surface area (Å²) >= 11 is 0. The molecular weight excluding hydrogens is 240 g/mol. The van der Waals surface area contributed by atoms with Crippen molar-refractivity contribution in [3.63, 3.8) is 0 Å². The molecule has 19 heavy (non-hydrogen) atoms. The molecule has 0 bridgehead atoms. The van der Waals surface area contributed by atoms with Gasteiger partial charge in [0.25, 0.3) is 0 Å². The summed E-state index contributed by atoms with van der Waals surface area (Å²) in [5, 5.41) is 0. The van der Waals surface area contributed by atoms with Gasteiger partial charge in [-0.15, -0.1) is 0 Å². The highest BCUT2D eigenvalue weighted by molar-refractivity contribution is 5.92. The van der Waals surface area contributed by atoms with E-state index in [0.717, 1.165) is 12.8 Å². The molecule has 0 aromatic heterocycles. The molecule has 0 radical (unpaired) electrons. The fourth-order valence-corrected chi connectivity index (χ4v) is 1.65. The molecule has 1 aromatic carbocycles. The van der Waals surface area contributed by atoms with Crippen LogP contribution in [-0.4, -0.2) is 19.0 Å². The van der Waals surface area contributed by atoms with E-state index >= 15 is 0 Å². The van der Waals surface area contributed by atoms with E-state index in [0.29, 0.717) is 26.2 Å². The number of hydrogen-bond donors (Lipinski definition) is 0. The van der Waals surface area contributed by atoms with Gasteiger partial charge < -0.3 is 9.47 Å². The highest BCUT2D eigenvalue weighted by Crippen LogP contribution is 2.06. The highest BCUT2D eigenvalue weighted by Gasteiger charge is 2.06. The standard InChI is InChI=1S/C16H22O3/c1-3-19-14(2)16(17)11-7-8-12-18-13-15-9-5-4-6-10-15/h4-6,9-10H,2-3,7-8,11-13H2,1H3. The van der Waals surface area contributed by atoms with Crippen LogP contribution in [0.15, 0.2) is 42.7 Å². The van der Waals surface area contributed by atoms with Crippen LogP contribution in [0.3, 0.4) is 0 Å². The van der Waals surface area contributed by atoms with Gasteiger partial charge in [-0.3, -0.25) is 4.79 Å². The summed E-state index contributed by atoms with van der Waals surface area (Å²) < 4.78 is 10.6. The van der Waals surface area contributed by atoms with Gasteiger partial charge in [-0.25, -0.2) is 0 Å². The van der Waals surface area contributed by atoms with Gasteiger partial charge in [0.05, 0.1) is 13.2 Å². The van der Waals surface area contributed by atoms with Gasteiger partial charge in [-0.05, 0) is 25.3 Å². The van der Waals surface area contributed by atoms with E-state index in [2.05, 4.69) is 6.58 Å². The summed E-state index contributed by atoms with van der Waals surface area (Å²) in [6.07, 6.45) is 2.16. The third-order valence-electron chi connectivity index (χ3n) is 2.68. The first-order valence-electron chi connectivity index (χ1n) is 6.70. The van der Waals surface area contributed by atoms with Crippen LogP contribution in [-0.2, 0) is 20.9 Å². The van der Waals surface area contributed by atoms with Gasteiger partial charge in [0.15, 0.2) is 11.5 Å². The molecule has 0 saturated heterocycles. The minimum absolute atomic E-state index is 0.00934. The van der Waals surface area contributed by atoms with E-state index in [-0.39, 0.29) is 11.5 Å². The first-order chi connectivity index (χ1) is 9.24. The number of benzene rings is 1. The Morgan fingerprint density at radius 3 is 2.63 bits per heavy atom. The Balaban J connectivity index is 2.02. The molecule has 0 unspecified atom stereocenters. The summed E-state index contributed by atoms with van der Waals surface area (Å²) in [6.45, 7) is 7.23. The number of ketones is 1. The van der Waals surface area contributed by atoms with E-state index in [1.54, 1.807) is 0 Å². The van der Waals surface area contributed by atoms with Crippen LogP contribution in [0.5, 0.6) is 0 Å². The van der Waals surface area contributed by atoms with E-state index in [4.69, 9.17) is 9.47 Å². The van der Waals surface area contributed by atoms with E-state index in [9.17, 15) is 4.79 Å². The Labute approximate surface area is 115 Å². The Kier molecular flexibility index (Phi) is 7.59. The molecule has 0 N–H and O–H groups in total. The second kappa shape index (κ2) is 9.34. The smallest absolute Gasteiger partial charge is 0.196 e. The van der Waals surface area contributed by atoms with Crippen LogP contribution in [0.1, 0.15) is 31.7 Å². The lowest BCUT2D eigenvalue weighted by molar-refractivity contribution is -0.118. The van der Waals surface area contributed by atoms with Gasteiger partial charge in [0, 0.05) is 13.0 Å². The maximum absolute atomic E-state index is 11.5. The zero-order chi connectivity index (χ0) is 13.9. The lowest BCUT2D eigenvalue weighted by Crippen LogP contribution is -2.05. The van der Waals surface area contributed by atoms with Crippen molar-refractivity contribution in [3.05, 3.63) is 48.2 Å². The third-order valence-corrected chi connectivity index (χ3v) is 2.68. The van der Waals surface area contributed by atoms with Crippen LogP contribution < -0.4 is 0 Å². The van der Waals surface area contributed by atoms with Crippen molar-refractivity contribution in [3.8, 4) is 0 Å². The number of unbranched alkanes of at least 4 members (excludes halogenated alkanes) is 1. The fourth-order valence-electron chi connectivity index (χ4n) is 1.65. The zero-order valence-electron chi connectivity index (χ0n) is 11.6. The van der Waals surface area contributed by atoms with Crippen molar-refractivity contribution in [2.75, 3.05) is 13.2 Å². The second-order valence-electron chi connectivity index (χ2n) is 4.27. The molecule has 0 heterocycles. The average Bonchev–Trinajstić information content (AvgIpc) is 2.43. The minimum Gasteiger partial charge on any atom is -0.491 e. The SMILES string of the molecule is C=C(OCC)C(=O)CCCCOCc1ccccc1. The molecule has 1 rings (SSSR count). The minimum atomic E-state index is -0.00934. The van der Waals surface area contributed by atoms with Crippen molar-refractivity contribution in [1.82, 2.24) is 0 Å². The molecule has 1 aromatic rings. The largest absolute Gasteiger partial charge is 0.491 e. The van der Waals surface area contributed by atoms with Gasteiger partial charge in [0.1, 0.15) is 0 Å². The van der Waals surface area contributed by atoms with Crippen molar-refractivity contribution in [2.24, 2.45) is 0 Å². The molecule has 0 fully saturated rings. The molecule has 0 aliphatic rings. The van der Waals surface area contributed by atoms with Gasteiger partial charge >= 0.3 is 0 Å². The molecule has 0 spiro atoms. The normalized spacial score (nSPS) is 10.2. The predicted octanol–water partition coefficient (Wildman–Crippen LogP) is 3.49. The Bertz CT molecular complexity index is 384. The Hall–Kier alpha value is -1.61. The number of carbonyl (C=O) groups is 1. The first kappa shape index (κ1) is 15.4. The van der Waals surface area contributed by atoms with E-state index in [1.165, 1.54) is 5.56 Å². The maximum Gasteiger partial charge on any atom is 0.196 e. The lowest BCUT2D eigenvalue weighted by Gasteiger charge is -2.06. The second-order valence-corrected chi connectivity index (χ2v) is 4.27. The third kappa shape index (κ3) is 6.77. The predicted molar refractivity (Wildman–Crippen MR) is 75.7 cm³/mol. The topological polar surface area (TPSA) is 35.5 Å².